The van der Waals surface area contributed by atoms with Crippen LogP contribution in [0.15, 0.2) is 11.4 Å². The molecule has 0 N–H and O–H groups in total. The van der Waals surface area contributed by atoms with E-state index in [0.29, 0.717) is 5.15 Å². The second-order valence-electron chi connectivity index (χ2n) is 3.47. The monoisotopic (exact) mass is 288 g/mol. The van der Waals surface area contributed by atoms with E-state index in [-0.39, 0.29) is 0 Å². The zero-order chi connectivity index (χ0) is 12.1. The summed E-state index contributed by atoms with van der Waals surface area (Å²) in [5, 5.41) is 3.49. The number of ether oxygens (including phenoxy) is 1. The Hall–Kier alpha value is -0.360. The first-order valence-electron chi connectivity index (χ1n) is 5.27. The number of nitrogens with zero attached hydrogens (tertiary/aromatic N) is 2. The van der Waals surface area contributed by atoms with Crippen LogP contribution < -0.4 is 0 Å². The first-order valence-corrected chi connectivity index (χ1v) is 7.69. The highest BCUT2D eigenvalue weighted by atomic mass is 35.5. The van der Waals surface area contributed by atoms with Gasteiger partial charge in [0.05, 0.1) is 5.75 Å². The lowest BCUT2D eigenvalue weighted by Crippen LogP contribution is -1.95. The Labute approximate surface area is 114 Å². The van der Waals surface area contributed by atoms with E-state index < -0.39 is 0 Å². The molecule has 17 heavy (non-hydrogen) atoms. The van der Waals surface area contributed by atoms with Gasteiger partial charge in [-0.25, -0.2) is 9.97 Å². The van der Waals surface area contributed by atoms with E-state index in [4.69, 9.17) is 16.3 Å². The van der Waals surface area contributed by atoms with Crippen LogP contribution in [0.5, 0.6) is 0 Å². The zero-order valence-corrected chi connectivity index (χ0v) is 11.9. The molecule has 0 aliphatic carbocycles. The summed E-state index contributed by atoms with van der Waals surface area (Å²) in [5.41, 5.74) is 0. The maximum absolute atomic E-state index is 6.09. The van der Waals surface area contributed by atoms with Crippen LogP contribution in [0, 0.1) is 0 Å². The van der Waals surface area contributed by atoms with Gasteiger partial charge in [0.1, 0.15) is 15.8 Å². The van der Waals surface area contributed by atoms with Gasteiger partial charge in [-0.3, -0.25) is 0 Å². The summed E-state index contributed by atoms with van der Waals surface area (Å²) in [4.78, 5) is 9.75. The van der Waals surface area contributed by atoms with Crippen molar-refractivity contribution in [1.82, 2.24) is 9.97 Å². The normalized spacial score (nSPS) is 11.2. The lowest BCUT2D eigenvalue weighted by atomic mass is 10.4. The summed E-state index contributed by atoms with van der Waals surface area (Å²) in [7, 11) is 1.72. The van der Waals surface area contributed by atoms with Crippen molar-refractivity contribution in [2.45, 2.75) is 12.2 Å². The molecule has 0 aromatic carbocycles. The third-order valence-electron chi connectivity index (χ3n) is 2.19. The summed E-state index contributed by atoms with van der Waals surface area (Å²) in [6.07, 6.45) is 1.05. The summed E-state index contributed by atoms with van der Waals surface area (Å²) in [5.74, 6) is 2.67. The lowest BCUT2D eigenvalue weighted by molar-refractivity contribution is 0.200. The minimum Gasteiger partial charge on any atom is -0.385 e. The van der Waals surface area contributed by atoms with Crippen LogP contribution in [0.2, 0.25) is 5.15 Å². The van der Waals surface area contributed by atoms with Gasteiger partial charge in [-0.05, 0) is 23.6 Å². The Bertz CT molecular complexity index is 489. The van der Waals surface area contributed by atoms with Gasteiger partial charge in [0.25, 0.3) is 0 Å². The fourth-order valence-corrected chi connectivity index (χ4v) is 3.26. The van der Waals surface area contributed by atoms with Gasteiger partial charge in [0.2, 0.25) is 0 Å². The standard InChI is InChI=1S/C11H13ClN2OS2/c1-15-4-2-5-16-7-9-13-10(12)8-3-6-17-11(8)14-9/h3,6H,2,4-5,7H2,1H3. The molecule has 0 fully saturated rings. The number of hydrogen-bond donors (Lipinski definition) is 0. The second kappa shape index (κ2) is 6.54. The predicted octanol–water partition coefficient (Wildman–Crippen LogP) is 3.61. The van der Waals surface area contributed by atoms with Crippen molar-refractivity contribution in [3.8, 4) is 0 Å². The van der Waals surface area contributed by atoms with Crippen molar-refractivity contribution in [3.63, 3.8) is 0 Å². The highest BCUT2D eigenvalue weighted by molar-refractivity contribution is 7.98. The van der Waals surface area contributed by atoms with E-state index in [1.807, 2.05) is 23.2 Å². The van der Waals surface area contributed by atoms with Crippen LogP contribution in [0.3, 0.4) is 0 Å². The van der Waals surface area contributed by atoms with Crippen LogP contribution in [0.1, 0.15) is 12.2 Å². The molecule has 0 spiro atoms. The molecule has 0 atom stereocenters. The van der Waals surface area contributed by atoms with Crippen LogP contribution >= 0.6 is 34.7 Å². The molecule has 0 aliphatic heterocycles. The summed E-state index contributed by atoms with van der Waals surface area (Å²) in [6, 6.07) is 1.96. The van der Waals surface area contributed by atoms with Gasteiger partial charge in [0.15, 0.2) is 0 Å². The lowest BCUT2D eigenvalue weighted by Gasteiger charge is -2.02. The maximum atomic E-state index is 6.09. The minimum absolute atomic E-state index is 0.559. The number of thiophene rings is 1. The number of halogens is 1. The molecule has 0 radical (unpaired) electrons. The topological polar surface area (TPSA) is 35.0 Å². The molecule has 0 unspecified atom stereocenters. The molecule has 92 valence electrons. The number of methoxy groups -OCH3 is 1. The van der Waals surface area contributed by atoms with Crippen molar-refractivity contribution in [2.75, 3.05) is 19.5 Å². The van der Waals surface area contributed by atoms with E-state index >= 15 is 0 Å². The number of fused-ring (bicyclic) bond motifs is 1. The quantitative estimate of drug-likeness (QED) is 0.601. The Kier molecular flexibility index (Phi) is 5.03. The first-order chi connectivity index (χ1) is 8.31. The average molecular weight is 289 g/mol. The van der Waals surface area contributed by atoms with E-state index in [1.165, 1.54) is 0 Å². The fraction of sp³-hybridized carbons (Fsp3) is 0.455. The van der Waals surface area contributed by atoms with E-state index in [0.717, 1.165) is 40.6 Å². The summed E-state index contributed by atoms with van der Waals surface area (Å²) < 4.78 is 5.00. The third kappa shape index (κ3) is 3.55. The molecule has 0 amide bonds. The highest BCUT2D eigenvalue weighted by Gasteiger charge is 2.06. The van der Waals surface area contributed by atoms with Crippen LogP contribution in [0.4, 0.5) is 0 Å². The van der Waals surface area contributed by atoms with Crippen molar-refractivity contribution < 1.29 is 4.74 Å². The molecule has 0 bridgehead atoms. The fourth-order valence-electron chi connectivity index (χ4n) is 1.39. The van der Waals surface area contributed by atoms with Gasteiger partial charge < -0.3 is 4.74 Å². The Morgan fingerprint density at radius 2 is 2.35 bits per heavy atom. The third-order valence-corrected chi connectivity index (χ3v) is 4.33. The van der Waals surface area contributed by atoms with E-state index in [9.17, 15) is 0 Å². The number of hydrogen-bond acceptors (Lipinski definition) is 5. The van der Waals surface area contributed by atoms with Crippen LogP contribution in [-0.2, 0) is 10.5 Å². The molecule has 0 aliphatic rings. The highest BCUT2D eigenvalue weighted by Crippen LogP contribution is 2.25. The van der Waals surface area contributed by atoms with E-state index in [2.05, 4.69) is 9.97 Å². The Morgan fingerprint density at radius 3 is 3.18 bits per heavy atom. The number of aromatic nitrogens is 2. The zero-order valence-electron chi connectivity index (χ0n) is 9.48. The van der Waals surface area contributed by atoms with Crippen molar-refractivity contribution in [2.24, 2.45) is 0 Å². The average Bonchev–Trinajstić information content (AvgIpc) is 2.77. The smallest absolute Gasteiger partial charge is 0.141 e. The predicted molar refractivity (Wildman–Crippen MR) is 75.1 cm³/mol. The van der Waals surface area contributed by atoms with E-state index in [1.54, 1.807) is 18.4 Å². The molecule has 0 saturated heterocycles. The molecule has 2 rings (SSSR count). The molecular weight excluding hydrogens is 276 g/mol. The molecule has 0 saturated carbocycles. The van der Waals surface area contributed by atoms with Gasteiger partial charge in [-0.1, -0.05) is 11.6 Å². The van der Waals surface area contributed by atoms with Crippen molar-refractivity contribution in [1.29, 1.82) is 0 Å². The molecule has 3 nitrogen and oxygen atoms in total. The van der Waals surface area contributed by atoms with Crippen LogP contribution in [-0.4, -0.2) is 29.4 Å². The molecule has 2 aromatic rings. The molecule has 6 heteroatoms. The van der Waals surface area contributed by atoms with Gasteiger partial charge in [-0.2, -0.15) is 11.8 Å². The van der Waals surface area contributed by atoms with Gasteiger partial charge in [0, 0.05) is 19.1 Å². The van der Waals surface area contributed by atoms with Crippen molar-refractivity contribution in [3.05, 3.63) is 22.4 Å². The second-order valence-corrected chi connectivity index (χ2v) is 5.83. The van der Waals surface area contributed by atoms with Crippen LogP contribution in [0.25, 0.3) is 10.2 Å². The molecular formula is C11H13ClN2OS2. The SMILES string of the molecule is COCCCSCc1nc(Cl)c2ccsc2n1. The Balaban J connectivity index is 1.94. The molecule has 2 heterocycles. The Morgan fingerprint density at radius 1 is 1.47 bits per heavy atom. The van der Waals surface area contributed by atoms with Gasteiger partial charge in [-0.15, -0.1) is 11.3 Å². The summed E-state index contributed by atoms with van der Waals surface area (Å²) >= 11 is 9.50. The van der Waals surface area contributed by atoms with Gasteiger partial charge >= 0.3 is 0 Å². The largest absolute Gasteiger partial charge is 0.385 e. The number of thioether (sulfide) groups is 1. The maximum Gasteiger partial charge on any atom is 0.141 e. The first kappa shape index (κ1) is 13.1. The molecule has 2 aromatic heterocycles. The van der Waals surface area contributed by atoms with Crippen molar-refractivity contribution >= 4 is 44.9 Å². The summed E-state index contributed by atoms with van der Waals surface area (Å²) in [6.45, 7) is 0.804. The number of rotatable bonds is 6. The minimum atomic E-state index is 0.559.